The highest BCUT2D eigenvalue weighted by molar-refractivity contribution is 8.76. The van der Waals surface area contributed by atoms with Gasteiger partial charge in [0.25, 0.3) is 0 Å². The maximum absolute atomic E-state index is 13.1. The second kappa shape index (κ2) is 16.2. The number of amides is 2. The molecule has 0 radical (unpaired) electrons. The molecule has 0 bridgehead atoms. The molecular formula is C19H32N2O5S4. The Kier molecular flexibility index (Phi) is 14.9. The van der Waals surface area contributed by atoms with E-state index < -0.39 is 31.3 Å². The Morgan fingerprint density at radius 1 is 1.27 bits per heavy atom. The smallest absolute Gasteiger partial charge is 0.416 e. The molecule has 0 aliphatic rings. The van der Waals surface area contributed by atoms with E-state index in [9.17, 15) is 9.59 Å². The highest BCUT2D eigenvalue weighted by Gasteiger charge is 2.30. The first kappa shape index (κ1) is 27.6. The zero-order valence-corrected chi connectivity index (χ0v) is 20.7. The topological polar surface area (TPSA) is 113 Å². The van der Waals surface area contributed by atoms with E-state index in [2.05, 4.69) is 6.26 Å². The Labute approximate surface area is 194 Å². The quantitative estimate of drug-likeness (QED) is 0.249. The van der Waals surface area contributed by atoms with Crippen molar-refractivity contribution < 1.29 is 24.5 Å². The number of hydrogen-bond acceptors (Lipinski definition) is 10. The predicted octanol–water partition coefficient (Wildman–Crippen LogP) is 2.71. The van der Waals surface area contributed by atoms with Crippen LogP contribution in [0, 0.1) is 5.92 Å². The summed E-state index contributed by atoms with van der Waals surface area (Å²) in [5.74, 6) is 1.67. The number of imide groups is 1. The first-order chi connectivity index (χ1) is 14.5. The van der Waals surface area contributed by atoms with E-state index in [0.717, 1.165) is 28.4 Å². The van der Waals surface area contributed by atoms with Gasteiger partial charge in [-0.05, 0) is 54.2 Å². The summed E-state index contributed by atoms with van der Waals surface area (Å²) in [5.41, 5.74) is 7.15. The van der Waals surface area contributed by atoms with Gasteiger partial charge in [0.05, 0.1) is 19.1 Å². The Hall–Kier alpha value is -0.430. The number of ether oxygens (including phenoxy) is 1. The van der Waals surface area contributed by atoms with Gasteiger partial charge in [0.2, 0.25) is 5.91 Å². The molecule has 11 heteroatoms. The number of aliphatic hydroxyl groups is 2. The van der Waals surface area contributed by atoms with E-state index in [-0.39, 0.29) is 18.5 Å². The van der Waals surface area contributed by atoms with Crippen LogP contribution >= 0.6 is 44.7 Å². The van der Waals surface area contributed by atoms with E-state index in [1.165, 1.54) is 0 Å². The van der Waals surface area contributed by atoms with Gasteiger partial charge in [0, 0.05) is 24.1 Å². The van der Waals surface area contributed by atoms with Gasteiger partial charge in [-0.3, -0.25) is 4.79 Å². The molecule has 1 aromatic heterocycles. The summed E-state index contributed by atoms with van der Waals surface area (Å²) in [6.07, 6.45) is 1.66. The molecule has 30 heavy (non-hydrogen) atoms. The van der Waals surface area contributed by atoms with E-state index in [1.807, 2.05) is 16.8 Å². The number of hydrogen-bond donors (Lipinski definition) is 3. The largest absolute Gasteiger partial charge is 0.441 e. The lowest BCUT2D eigenvalue weighted by atomic mass is 10.0. The lowest BCUT2D eigenvalue weighted by Crippen LogP contribution is -2.44. The van der Waals surface area contributed by atoms with Crippen LogP contribution in [0.1, 0.15) is 18.9 Å². The maximum atomic E-state index is 13.1. The van der Waals surface area contributed by atoms with E-state index in [4.69, 9.17) is 20.7 Å². The second-order valence-corrected chi connectivity index (χ2v) is 10.9. The van der Waals surface area contributed by atoms with E-state index in [1.54, 1.807) is 51.6 Å². The fourth-order valence-electron chi connectivity index (χ4n) is 2.46. The molecule has 0 aliphatic heterocycles. The number of thioether (sulfide) groups is 1. The van der Waals surface area contributed by atoms with Crippen molar-refractivity contribution in [3.05, 3.63) is 22.4 Å². The Bertz CT molecular complexity index is 602. The average Bonchev–Trinajstić information content (AvgIpc) is 3.26. The van der Waals surface area contributed by atoms with Crippen LogP contribution in [0.5, 0.6) is 0 Å². The van der Waals surface area contributed by atoms with E-state index >= 15 is 0 Å². The molecular weight excluding hydrogens is 464 g/mol. The third-order valence-corrected chi connectivity index (χ3v) is 8.18. The van der Waals surface area contributed by atoms with Gasteiger partial charge in [-0.15, -0.1) is 0 Å². The molecule has 2 unspecified atom stereocenters. The summed E-state index contributed by atoms with van der Waals surface area (Å²) in [6, 6.07) is 2.10. The lowest BCUT2D eigenvalue weighted by Gasteiger charge is -2.25. The average molecular weight is 497 g/mol. The van der Waals surface area contributed by atoms with Crippen LogP contribution in [0.25, 0.3) is 0 Å². The summed E-state index contributed by atoms with van der Waals surface area (Å²) in [4.78, 5) is 26.6. The summed E-state index contributed by atoms with van der Waals surface area (Å²) in [6.45, 7) is 0.838. The number of carbonyl (C=O) groups is 2. The minimum atomic E-state index is -1.04. The number of rotatable bonds is 15. The molecule has 7 nitrogen and oxygen atoms in total. The van der Waals surface area contributed by atoms with Gasteiger partial charge in [0.15, 0.2) is 0 Å². The first-order valence-corrected chi connectivity index (χ1v) is 14.5. The van der Waals surface area contributed by atoms with Crippen LogP contribution in [0.4, 0.5) is 4.79 Å². The standard InChI is InChI=1S/C19H32N2O5S4/c1-3-21(19(25)26-17(9-22)10-23)18(24)15(8-14-4-7-28-11-14)12-29-30-13-16(20)5-6-27-2/h4,7,11,15-17,22-23H,3,5-6,8-10,12-13,20H2,1-2H3. The summed E-state index contributed by atoms with van der Waals surface area (Å²) in [5, 5.41) is 22.2. The SMILES string of the molecule is CCN(C(=O)OC(CO)CO)C(=O)C(CSSCC(N)CCSC)Cc1ccsc1. The fourth-order valence-corrected chi connectivity index (χ4v) is 6.24. The van der Waals surface area contributed by atoms with Gasteiger partial charge >= 0.3 is 6.09 Å². The molecule has 2 atom stereocenters. The highest BCUT2D eigenvalue weighted by atomic mass is 33.1. The van der Waals surface area contributed by atoms with Crippen molar-refractivity contribution in [2.24, 2.45) is 11.7 Å². The summed E-state index contributed by atoms with van der Waals surface area (Å²) in [7, 11) is 3.24. The normalized spacial score (nSPS) is 13.3. The van der Waals surface area contributed by atoms with Gasteiger partial charge < -0.3 is 20.7 Å². The third-order valence-electron chi connectivity index (χ3n) is 4.22. The van der Waals surface area contributed by atoms with Crippen molar-refractivity contribution in [2.75, 3.05) is 43.3 Å². The third kappa shape index (κ3) is 10.3. The Morgan fingerprint density at radius 3 is 2.53 bits per heavy atom. The number of carbonyl (C=O) groups excluding carboxylic acids is 2. The Balaban J connectivity index is 2.72. The Morgan fingerprint density at radius 2 is 1.97 bits per heavy atom. The van der Waals surface area contributed by atoms with Crippen molar-refractivity contribution >= 4 is 56.7 Å². The first-order valence-electron chi connectivity index (χ1n) is 9.70. The number of nitrogens with zero attached hydrogens (tertiary/aromatic N) is 1. The molecule has 172 valence electrons. The van der Waals surface area contributed by atoms with Gasteiger partial charge in [0.1, 0.15) is 6.10 Å². The van der Waals surface area contributed by atoms with Crippen molar-refractivity contribution in [2.45, 2.75) is 31.9 Å². The molecule has 2 amide bonds. The zero-order valence-electron chi connectivity index (χ0n) is 17.4. The molecule has 1 rings (SSSR count). The van der Waals surface area contributed by atoms with Crippen LogP contribution < -0.4 is 5.73 Å². The van der Waals surface area contributed by atoms with Gasteiger partial charge in [-0.25, -0.2) is 9.69 Å². The van der Waals surface area contributed by atoms with Crippen LogP contribution in [-0.4, -0.2) is 82.5 Å². The number of thiophene rings is 1. The van der Waals surface area contributed by atoms with Crippen molar-refractivity contribution in [1.82, 2.24) is 4.90 Å². The molecule has 0 saturated carbocycles. The molecule has 0 fully saturated rings. The minimum Gasteiger partial charge on any atom is -0.441 e. The summed E-state index contributed by atoms with van der Waals surface area (Å²) < 4.78 is 5.04. The molecule has 0 spiro atoms. The lowest BCUT2D eigenvalue weighted by molar-refractivity contribution is -0.133. The molecule has 4 N–H and O–H groups in total. The predicted molar refractivity (Wildman–Crippen MR) is 129 cm³/mol. The number of aliphatic hydroxyl groups excluding tert-OH is 2. The fraction of sp³-hybridized carbons (Fsp3) is 0.684. The van der Waals surface area contributed by atoms with Crippen LogP contribution in [0.2, 0.25) is 0 Å². The molecule has 0 aromatic carbocycles. The number of nitrogens with two attached hydrogens (primary N) is 1. The molecule has 1 heterocycles. The van der Waals surface area contributed by atoms with Gasteiger partial charge in [-0.1, -0.05) is 21.6 Å². The van der Waals surface area contributed by atoms with Crippen LogP contribution in [-0.2, 0) is 16.0 Å². The molecule has 0 aliphatic carbocycles. The minimum absolute atomic E-state index is 0.122. The van der Waals surface area contributed by atoms with Crippen molar-refractivity contribution in [3.8, 4) is 0 Å². The zero-order chi connectivity index (χ0) is 22.4. The van der Waals surface area contributed by atoms with Gasteiger partial charge in [-0.2, -0.15) is 23.1 Å². The molecule has 0 saturated heterocycles. The van der Waals surface area contributed by atoms with Crippen molar-refractivity contribution in [1.29, 1.82) is 0 Å². The monoisotopic (exact) mass is 496 g/mol. The van der Waals surface area contributed by atoms with Crippen LogP contribution in [0.15, 0.2) is 16.8 Å². The second-order valence-electron chi connectivity index (χ2n) is 6.60. The maximum Gasteiger partial charge on any atom is 0.416 e. The molecule has 1 aromatic rings. The highest BCUT2D eigenvalue weighted by Crippen LogP contribution is 2.28. The summed E-state index contributed by atoms with van der Waals surface area (Å²) >= 11 is 3.34. The van der Waals surface area contributed by atoms with E-state index in [0.29, 0.717) is 12.2 Å². The van der Waals surface area contributed by atoms with Crippen molar-refractivity contribution in [3.63, 3.8) is 0 Å². The van der Waals surface area contributed by atoms with Crippen LogP contribution in [0.3, 0.4) is 0 Å².